The molecule has 1 fully saturated rings. The molecule has 0 unspecified atom stereocenters. The van der Waals surface area contributed by atoms with Gasteiger partial charge in [0.1, 0.15) is 11.5 Å². The number of ether oxygens (including phenoxy) is 3. The second kappa shape index (κ2) is 8.21. The van der Waals surface area contributed by atoms with Crippen molar-refractivity contribution in [2.24, 2.45) is 0 Å². The molecule has 3 rings (SSSR count). The molecule has 32 heavy (non-hydrogen) atoms. The third kappa shape index (κ3) is 5.33. The highest BCUT2D eigenvalue weighted by Crippen LogP contribution is 2.34. The number of nitro benzene ring substituents is 1. The quantitative estimate of drug-likeness (QED) is 0.231. The Balaban J connectivity index is 1.88. The fourth-order valence-corrected chi connectivity index (χ4v) is 2.64. The Morgan fingerprint density at radius 2 is 1.72 bits per heavy atom. The molecule has 9 nitrogen and oxygen atoms in total. The van der Waals surface area contributed by atoms with E-state index in [1.165, 1.54) is 26.0 Å². The molecule has 0 radical (unpaired) electrons. The van der Waals surface area contributed by atoms with Crippen LogP contribution in [0.2, 0.25) is 0 Å². The zero-order valence-corrected chi connectivity index (χ0v) is 16.6. The van der Waals surface area contributed by atoms with Crippen molar-refractivity contribution in [3.05, 3.63) is 69.9 Å². The van der Waals surface area contributed by atoms with E-state index in [1.807, 2.05) is 0 Å². The molecule has 0 spiro atoms. The maximum absolute atomic E-state index is 12.9. The number of halogens is 3. The zero-order valence-electron chi connectivity index (χ0n) is 16.6. The molecule has 1 saturated heterocycles. The smallest absolute Gasteiger partial charge is 0.416 e. The zero-order chi connectivity index (χ0) is 23.7. The van der Waals surface area contributed by atoms with Crippen molar-refractivity contribution in [1.82, 2.24) is 0 Å². The van der Waals surface area contributed by atoms with Crippen molar-refractivity contribution in [3.8, 4) is 11.5 Å². The van der Waals surface area contributed by atoms with Crippen molar-refractivity contribution in [2.45, 2.75) is 25.8 Å². The molecule has 1 N–H and O–H groups in total. The summed E-state index contributed by atoms with van der Waals surface area (Å²) >= 11 is 0. The average molecular weight is 452 g/mol. The number of cyclic esters (lactones) is 2. The SMILES string of the molecule is CC1(C)OC(=O)C(=CNc2cc(Oc3cccc(C(F)(F)F)c3)cc([N+](=O)[O-])c2)C(=O)O1. The molecule has 2 aromatic carbocycles. The van der Waals surface area contributed by atoms with Gasteiger partial charge in [0.05, 0.1) is 16.6 Å². The van der Waals surface area contributed by atoms with Crippen LogP contribution in [0.4, 0.5) is 24.5 Å². The van der Waals surface area contributed by atoms with Crippen LogP contribution in [0.3, 0.4) is 0 Å². The van der Waals surface area contributed by atoms with Gasteiger partial charge in [-0.05, 0) is 18.2 Å². The topological polar surface area (TPSA) is 117 Å². The van der Waals surface area contributed by atoms with Gasteiger partial charge in [-0.3, -0.25) is 10.1 Å². The Labute approximate surface area is 178 Å². The standard InChI is InChI=1S/C20H15F3N2O7/c1-19(2)31-17(26)16(18(27)32-19)10-24-12-7-13(25(28)29)9-15(8-12)30-14-5-3-4-11(6-14)20(21,22)23/h3-10,24H,1-2H3. The first-order chi connectivity index (χ1) is 14.8. The second-order valence-corrected chi connectivity index (χ2v) is 6.98. The van der Waals surface area contributed by atoms with Crippen LogP contribution in [0.25, 0.3) is 0 Å². The summed E-state index contributed by atoms with van der Waals surface area (Å²) in [7, 11) is 0. The Hall–Kier alpha value is -4.09. The summed E-state index contributed by atoms with van der Waals surface area (Å²) in [4.78, 5) is 34.5. The summed E-state index contributed by atoms with van der Waals surface area (Å²) in [6.45, 7) is 2.73. The number of carbonyl (C=O) groups excluding carboxylic acids is 2. The summed E-state index contributed by atoms with van der Waals surface area (Å²) < 4.78 is 53.9. The lowest BCUT2D eigenvalue weighted by atomic mass is 10.2. The summed E-state index contributed by atoms with van der Waals surface area (Å²) in [5.41, 5.74) is -1.89. The lowest BCUT2D eigenvalue weighted by Crippen LogP contribution is -2.42. The van der Waals surface area contributed by atoms with Crippen LogP contribution < -0.4 is 10.1 Å². The Kier molecular flexibility index (Phi) is 5.80. The number of non-ortho nitro benzene ring substituents is 1. The molecule has 0 aromatic heterocycles. The van der Waals surface area contributed by atoms with Gasteiger partial charge < -0.3 is 19.5 Å². The van der Waals surface area contributed by atoms with Crippen molar-refractivity contribution in [1.29, 1.82) is 0 Å². The number of alkyl halides is 3. The molecular weight excluding hydrogens is 437 g/mol. The molecule has 1 aliphatic heterocycles. The normalized spacial score (nSPS) is 15.5. The van der Waals surface area contributed by atoms with Crippen LogP contribution in [-0.4, -0.2) is 22.6 Å². The van der Waals surface area contributed by atoms with E-state index in [4.69, 9.17) is 14.2 Å². The minimum absolute atomic E-state index is 0.0131. The van der Waals surface area contributed by atoms with E-state index in [0.29, 0.717) is 0 Å². The van der Waals surface area contributed by atoms with Crippen LogP contribution in [0.1, 0.15) is 19.4 Å². The highest BCUT2D eigenvalue weighted by atomic mass is 19.4. The molecule has 0 bridgehead atoms. The van der Waals surface area contributed by atoms with Crippen molar-refractivity contribution >= 4 is 23.3 Å². The van der Waals surface area contributed by atoms with Gasteiger partial charge in [0.15, 0.2) is 5.57 Å². The first kappa shape index (κ1) is 22.6. The summed E-state index contributed by atoms with van der Waals surface area (Å²) in [6, 6.07) is 7.27. The minimum Gasteiger partial charge on any atom is -0.457 e. The molecule has 2 aromatic rings. The molecule has 0 aliphatic carbocycles. The fraction of sp³-hybridized carbons (Fsp3) is 0.200. The van der Waals surface area contributed by atoms with Gasteiger partial charge in [-0.15, -0.1) is 0 Å². The Bertz CT molecular complexity index is 1100. The van der Waals surface area contributed by atoms with Crippen LogP contribution in [-0.2, 0) is 25.2 Å². The second-order valence-electron chi connectivity index (χ2n) is 6.98. The van der Waals surface area contributed by atoms with E-state index in [0.717, 1.165) is 36.5 Å². The minimum atomic E-state index is -4.60. The molecule has 1 heterocycles. The lowest BCUT2D eigenvalue weighted by Gasteiger charge is -2.29. The highest BCUT2D eigenvalue weighted by Gasteiger charge is 2.39. The van der Waals surface area contributed by atoms with Crippen LogP contribution >= 0.6 is 0 Å². The van der Waals surface area contributed by atoms with E-state index in [1.54, 1.807) is 0 Å². The summed E-state index contributed by atoms with van der Waals surface area (Å²) in [6.07, 6.45) is -3.66. The van der Waals surface area contributed by atoms with Gasteiger partial charge in [-0.25, -0.2) is 9.59 Å². The van der Waals surface area contributed by atoms with Gasteiger partial charge in [0.25, 0.3) is 11.5 Å². The van der Waals surface area contributed by atoms with Crippen LogP contribution in [0, 0.1) is 10.1 Å². The molecule has 0 saturated carbocycles. The maximum Gasteiger partial charge on any atom is 0.416 e. The van der Waals surface area contributed by atoms with E-state index in [-0.39, 0.29) is 17.2 Å². The summed E-state index contributed by atoms with van der Waals surface area (Å²) in [5.74, 6) is -3.74. The number of carbonyl (C=O) groups is 2. The molecular formula is C20H15F3N2O7. The maximum atomic E-state index is 12.9. The Morgan fingerprint density at radius 1 is 1.06 bits per heavy atom. The average Bonchev–Trinajstić information content (AvgIpc) is 2.65. The largest absolute Gasteiger partial charge is 0.457 e. The van der Waals surface area contributed by atoms with Gasteiger partial charge in [-0.1, -0.05) is 6.07 Å². The van der Waals surface area contributed by atoms with Crippen LogP contribution in [0.15, 0.2) is 54.2 Å². The third-order valence-corrected chi connectivity index (χ3v) is 4.00. The Morgan fingerprint density at radius 3 is 2.31 bits per heavy atom. The first-order valence-electron chi connectivity index (χ1n) is 8.92. The predicted octanol–water partition coefficient (Wildman–Crippen LogP) is 4.54. The third-order valence-electron chi connectivity index (χ3n) is 4.00. The number of nitro groups is 1. The van der Waals surface area contributed by atoms with Crippen molar-refractivity contribution in [2.75, 3.05) is 5.32 Å². The van der Waals surface area contributed by atoms with Gasteiger partial charge in [0.2, 0.25) is 0 Å². The molecule has 12 heteroatoms. The number of rotatable bonds is 5. The number of hydrogen-bond donors (Lipinski definition) is 1. The van der Waals surface area contributed by atoms with Crippen molar-refractivity contribution in [3.63, 3.8) is 0 Å². The molecule has 1 aliphatic rings. The van der Waals surface area contributed by atoms with E-state index >= 15 is 0 Å². The number of esters is 2. The lowest BCUT2D eigenvalue weighted by molar-refractivity contribution is -0.384. The number of anilines is 1. The number of benzene rings is 2. The van der Waals surface area contributed by atoms with Crippen molar-refractivity contribution < 1.29 is 41.9 Å². The van der Waals surface area contributed by atoms with Gasteiger partial charge in [0, 0.05) is 37.9 Å². The highest BCUT2D eigenvalue weighted by molar-refractivity contribution is 6.15. The fourth-order valence-electron chi connectivity index (χ4n) is 2.64. The molecule has 168 valence electrons. The van der Waals surface area contributed by atoms with E-state index in [9.17, 15) is 32.9 Å². The predicted molar refractivity (Wildman–Crippen MR) is 103 cm³/mol. The number of nitrogens with zero attached hydrogens (tertiary/aromatic N) is 1. The van der Waals surface area contributed by atoms with Crippen LogP contribution in [0.5, 0.6) is 11.5 Å². The van der Waals surface area contributed by atoms with E-state index < -0.39 is 45.6 Å². The monoisotopic (exact) mass is 452 g/mol. The number of hydrogen-bond acceptors (Lipinski definition) is 8. The first-order valence-corrected chi connectivity index (χ1v) is 8.92. The van der Waals surface area contributed by atoms with Gasteiger partial charge in [-0.2, -0.15) is 13.2 Å². The van der Waals surface area contributed by atoms with E-state index in [2.05, 4.69) is 5.32 Å². The molecule has 0 amide bonds. The number of nitrogens with one attached hydrogen (secondary N) is 1. The summed E-state index contributed by atoms with van der Waals surface area (Å²) in [5, 5.41) is 13.8. The molecule has 0 atom stereocenters. The van der Waals surface area contributed by atoms with Gasteiger partial charge >= 0.3 is 18.1 Å².